The van der Waals surface area contributed by atoms with Crippen molar-refractivity contribution in [3.8, 4) is 34.2 Å². The quantitative estimate of drug-likeness (QED) is 0.0649. The summed E-state index contributed by atoms with van der Waals surface area (Å²) >= 11 is 0. The fourth-order valence-electron chi connectivity index (χ4n) is 6.58. The van der Waals surface area contributed by atoms with Gasteiger partial charge < -0.3 is 0 Å². The second-order valence-corrected chi connectivity index (χ2v) is 20.8. The van der Waals surface area contributed by atoms with Gasteiger partial charge in [-0.05, 0) is 182 Å². The van der Waals surface area contributed by atoms with Gasteiger partial charge in [-0.2, -0.15) is 0 Å². The van der Waals surface area contributed by atoms with Crippen LogP contribution in [0.2, 0.25) is 0 Å². The summed E-state index contributed by atoms with van der Waals surface area (Å²) in [5.74, 6) is 0. The second-order valence-electron chi connectivity index (χ2n) is 17.0. The van der Waals surface area contributed by atoms with E-state index in [4.69, 9.17) is 0 Å². The second kappa shape index (κ2) is 25.9. The number of nitrogens with zero attached hydrogens (tertiary/aromatic N) is 12. The maximum absolute atomic E-state index is 10.7. The summed E-state index contributed by atoms with van der Waals surface area (Å²) in [6.45, 7) is 6.18. The van der Waals surface area contributed by atoms with E-state index in [9.17, 15) is 50.4 Å². The zero-order valence-corrected chi connectivity index (χ0v) is 44.4. The number of halogens is 12. The van der Waals surface area contributed by atoms with Crippen LogP contribution in [-0.2, 0) is 55.6 Å². The molecule has 0 saturated carbocycles. The standard InChI is InChI=1S/3C17H16N4.2F6P.Fe/c3*1-13-4-6-20-16(8-13)17-9-14(5-7-21-17)2-3-15-10-18-12-19-11-15;2*1-7(2,3,4,5)6;/h3*4-12H,2-3H2,1H3;;;/q;;;2*-1;+3. The van der Waals surface area contributed by atoms with Gasteiger partial charge in [0.15, 0.2) is 0 Å². The van der Waals surface area contributed by atoms with Crippen LogP contribution in [-0.4, -0.2) is 59.8 Å². The Morgan fingerprint density at radius 3 is 0.667 bits per heavy atom. The summed E-state index contributed by atoms with van der Waals surface area (Å²) in [6, 6.07) is 24.6. The SMILES string of the molecule is Cc1ccnc(-c2cc(CCc3cncnc3)ccn2)c1.Cc1ccnc(-c2cc(CCc3cncnc3)ccn2)c1.Cc1ccnc(-c2cc(CCc3cncnc3)ccn2)c1.F[P-](F)(F)(F)(F)F.F[P-](F)(F)(F)(F)F.[Fe+3]. The zero-order valence-electron chi connectivity index (χ0n) is 41.5. The Morgan fingerprint density at radius 1 is 0.282 bits per heavy atom. The van der Waals surface area contributed by atoms with Crippen molar-refractivity contribution in [1.29, 1.82) is 0 Å². The van der Waals surface area contributed by atoms with Gasteiger partial charge in [-0.15, -0.1) is 0 Å². The summed E-state index contributed by atoms with van der Waals surface area (Å²) in [4.78, 5) is 50.6. The molecule has 0 aliphatic rings. The molecule has 0 fully saturated rings. The van der Waals surface area contributed by atoms with Gasteiger partial charge >= 0.3 is 83.0 Å². The molecule has 0 aromatic carbocycles. The molecule has 27 heteroatoms. The number of pyridine rings is 6. The van der Waals surface area contributed by atoms with E-state index in [0.717, 1.165) is 89.4 Å². The minimum absolute atomic E-state index is 0. The van der Waals surface area contributed by atoms with Crippen LogP contribution in [0.1, 0.15) is 50.1 Å². The van der Waals surface area contributed by atoms with Crippen molar-refractivity contribution in [2.75, 3.05) is 0 Å². The molecule has 78 heavy (non-hydrogen) atoms. The molecular formula is C51H48F12FeN12P2+. The maximum atomic E-state index is 9.87. The van der Waals surface area contributed by atoms with Crippen LogP contribution in [0.25, 0.3) is 34.2 Å². The van der Waals surface area contributed by atoms with E-state index in [2.05, 4.69) is 117 Å². The molecule has 0 atom stereocenters. The number of hydrogen-bond acceptors (Lipinski definition) is 12. The smallest absolute Gasteiger partial charge is 3.00 e. The van der Waals surface area contributed by atoms with Crippen molar-refractivity contribution in [2.24, 2.45) is 0 Å². The molecule has 0 aliphatic carbocycles. The fourth-order valence-corrected chi connectivity index (χ4v) is 6.58. The van der Waals surface area contributed by atoms with Crippen molar-refractivity contribution in [1.82, 2.24) is 59.8 Å². The summed E-state index contributed by atoms with van der Waals surface area (Å²) in [6.07, 6.45) is 32.4. The molecule has 0 unspecified atom stereocenters. The molecule has 0 saturated heterocycles. The molecular weight excluding hydrogens is 1130 g/mol. The number of rotatable bonds is 12. The van der Waals surface area contributed by atoms with E-state index in [1.807, 2.05) is 111 Å². The van der Waals surface area contributed by atoms with Crippen molar-refractivity contribution in [2.45, 2.75) is 59.3 Å². The Morgan fingerprint density at radius 2 is 0.462 bits per heavy atom. The minimum atomic E-state index is -10.7. The van der Waals surface area contributed by atoms with Gasteiger partial charge in [0.2, 0.25) is 0 Å². The molecule has 12 nitrogen and oxygen atoms in total. The predicted octanol–water partition coefficient (Wildman–Crippen LogP) is 15.8. The van der Waals surface area contributed by atoms with Crippen molar-refractivity contribution in [3.63, 3.8) is 0 Å². The first kappa shape index (κ1) is 63.2. The van der Waals surface area contributed by atoms with Crippen LogP contribution >= 0.6 is 15.6 Å². The average Bonchev–Trinajstić information content (AvgIpc) is 3.38. The molecule has 9 heterocycles. The molecule has 413 valence electrons. The van der Waals surface area contributed by atoms with E-state index in [0.29, 0.717) is 0 Å². The molecule has 0 N–H and O–H groups in total. The van der Waals surface area contributed by atoms with Crippen LogP contribution < -0.4 is 0 Å². The average molecular weight is 1170 g/mol. The molecule has 9 aromatic heterocycles. The van der Waals surface area contributed by atoms with Crippen molar-refractivity contribution in [3.05, 3.63) is 216 Å². The molecule has 9 rings (SSSR count). The summed E-state index contributed by atoms with van der Waals surface area (Å²) in [5, 5.41) is 0. The van der Waals surface area contributed by atoms with Gasteiger partial charge in [-0.1, -0.05) is 0 Å². The van der Waals surface area contributed by atoms with Gasteiger partial charge in [0.05, 0.1) is 34.2 Å². The monoisotopic (exact) mass is 1170 g/mol. The van der Waals surface area contributed by atoms with E-state index in [-0.39, 0.29) is 17.1 Å². The number of hydrogen-bond donors (Lipinski definition) is 0. The van der Waals surface area contributed by atoms with Crippen LogP contribution in [0.5, 0.6) is 0 Å². The van der Waals surface area contributed by atoms with Crippen LogP contribution in [0, 0.1) is 20.8 Å². The molecule has 0 amide bonds. The van der Waals surface area contributed by atoms with Crippen LogP contribution in [0.3, 0.4) is 0 Å². The Kier molecular flexibility index (Phi) is 21.0. The molecule has 0 bridgehead atoms. The Balaban J connectivity index is 0.000000223. The Hall–Kier alpha value is -7.32. The van der Waals surface area contributed by atoms with Gasteiger partial charge in [0.1, 0.15) is 19.0 Å². The summed E-state index contributed by atoms with van der Waals surface area (Å²) in [5.41, 5.74) is 16.2. The molecule has 1 radical (unpaired) electrons. The normalized spacial score (nSPS) is 12.7. The third kappa shape index (κ3) is 29.3. The summed E-state index contributed by atoms with van der Waals surface area (Å²) in [7, 11) is -21.3. The van der Waals surface area contributed by atoms with Gasteiger partial charge in [-0.3, -0.25) is 29.9 Å². The predicted molar refractivity (Wildman–Crippen MR) is 272 cm³/mol. The summed E-state index contributed by atoms with van der Waals surface area (Å²) < 4.78 is 118. The topological polar surface area (TPSA) is 155 Å². The third-order valence-corrected chi connectivity index (χ3v) is 9.96. The largest absolute Gasteiger partial charge is 3.00 e. The Bertz CT molecular complexity index is 2950. The van der Waals surface area contributed by atoms with Gasteiger partial charge in [0.25, 0.3) is 0 Å². The zero-order chi connectivity index (χ0) is 56.3. The van der Waals surface area contributed by atoms with E-state index >= 15 is 0 Å². The minimum Gasteiger partial charge on any atom is 3.00 e. The molecule has 9 aromatic rings. The van der Waals surface area contributed by atoms with E-state index < -0.39 is 15.6 Å². The molecule has 0 spiro atoms. The van der Waals surface area contributed by atoms with Gasteiger partial charge in [0, 0.05) is 74.4 Å². The third-order valence-electron chi connectivity index (χ3n) is 9.96. The van der Waals surface area contributed by atoms with Gasteiger partial charge in [-0.25, -0.2) is 29.9 Å². The van der Waals surface area contributed by atoms with Crippen LogP contribution in [0.4, 0.5) is 50.4 Å². The molecule has 0 aliphatic heterocycles. The Labute approximate surface area is 450 Å². The first-order valence-corrected chi connectivity index (χ1v) is 26.9. The number of aromatic nitrogens is 12. The number of aryl methyl sites for hydroxylation is 9. The first-order chi connectivity index (χ1) is 35.8. The van der Waals surface area contributed by atoms with Crippen molar-refractivity contribution >= 4 is 15.6 Å². The van der Waals surface area contributed by atoms with Crippen LogP contribution in [0.15, 0.2) is 166 Å². The van der Waals surface area contributed by atoms with Crippen molar-refractivity contribution < 1.29 is 67.4 Å². The maximum Gasteiger partial charge on any atom is 3.00 e. The van der Waals surface area contributed by atoms with E-state index in [1.54, 1.807) is 19.0 Å². The fraction of sp³-hybridized carbons (Fsp3) is 0.176. The van der Waals surface area contributed by atoms with E-state index in [1.165, 1.54) is 33.4 Å². The first-order valence-electron chi connectivity index (χ1n) is 22.8.